The second-order valence-corrected chi connectivity index (χ2v) is 10.5. The van der Waals surface area contributed by atoms with E-state index in [0.717, 1.165) is 4.90 Å². The van der Waals surface area contributed by atoms with Crippen molar-refractivity contribution in [3.63, 3.8) is 0 Å². The summed E-state index contributed by atoms with van der Waals surface area (Å²) in [6.07, 6.45) is -0.0879. The van der Waals surface area contributed by atoms with Crippen LogP contribution in [-0.2, 0) is 22.4 Å². The van der Waals surface area contributed by atoms with Gasteiger partial charge in [0.05, 0.1) is 68.8 Å². The van der Waals surface area contributed by atoms with Crippen LogP contribution in [0, 0.1) is 5.82 Å². The van der Waals surface area contributed by atoms with Crippen molar-refractivity contribution in [1.29, 1.82) is 0 Å². The maximum absolute atomic E-state index is 13.1. The molecule has 2 atom stereocenters. The molecule has 0 spiro atoms. The standard InChI is InChI=1S/C22H18B8Cl2FN3O3/c23-19(24,31)21(27,28)36(22(29,30)20(25,26)32)14-7-3-11(4-8-14)9-15(34)17(37)35-16(18(38)39)10-12-1-5-13(33)6-2-12/h1-8,15-16H,9-10,34H2,(H,35,37)(H,38,39)/t15-,16-/m0/s1. The Labute approximate surface area is 248 Å². The van der Waals surface area contributed by atoms with Gasteiger partial charge in [0, 0.05) is 12.1 Å². The fraction of sp³-hybridized carbons (Fsp3) is 0.364. The maximum atomic E-state index is 13.1. The number of nitrogens with zero attached hydrogens (tertiary/aromatic N) is 1. The number of aliphatic carboxylic acids is 1. The lowest BCUT2D eigenvalue weighted by Gasteiger charge is -2.61. The highest BCUT2D eigenvalue weighted by Crippen LogP contribution is 2.38. The predicted octanol–water partition coefficient (Wildman–Crippen LogP) is -1.25. The van der Waals surface area contributed by atoms with Crippen molar-refractivity contribution < 1.29 is 19.1 Å². The molecule has 6 nitrogen and oxygen atoms in total. The molecule has 2 rings (SSSR count). The van der Waals surface area contributed by atoms with Crippen LogP contribution in [-0.4, -0.2) is 112 Å². The third kappa shape index (κ3) is 8.11. The number of carboxylic acid groups (broad SMARTS) is 1. The van der Waals surface area contributed by atoms with Crippen LogP contribution < -0.4 is 16.0 Å². The van der Waals surface area contributed by atoms with E-state index >= 15 is 0 Å². The zero-order valence-electron chi connectivity index (χ0n) is 20.7. The van der Waals surface area contributed by atoms with E-state index in [1.807, 2.05) is 0 Å². The van der Waals surface area contributed by atoms with Crippen LogP contribution in [0.25, 0.3) is 0 Å². The lowest BCUT2D eigenvalue weighted by molar-refractivity contribution is -0.141. The molecular weight excluding hydrogens is 531 g/mol. The predicted molar refractivity (Wildman–Crippen MR) is 159 cm³/mol. The van der Waals surface area contributed by atoms with Gasteiger partial charge in [-0.15, -0.1) is 23.2 Å². The fourth-order valence-corrected chi connectivity index (χ4v) is 3.71. The molecule has 0 aromatic heterocycles. The molecule has 0 bridgehead atoms. The van der Waals surface area contributed by atoms with Gasteiger partial charge >= 0.3 is 5.97 Å². The third-order valence-electron chi connectivity index (χ3n) is 5.92. The Morgan fingerprint density at radius 3 is 1.67 bits per heavy atom. The van der Waals surface area contributed by atoms with Crippen LogP contribution in [0.2, 0.25) is 0 Å². The molecule has 17 heteroatoms. The first-order valence-electron chi connectivity index (χ1n) is 11.3. The SMILES string of the molecule is [B]C([B])(Cl)C([B])([B])N(c1ccc(C[C@H](N)C(=O)N[C@@H](Cc2ccc(F)cc2)C(=O)O)cc1)C([B])([B])C([B])([B])Cl. The van der Waals surface area contributed by atoms with Gasteiger partial charge < -0.3 is 21.1 Å². The topological polar surface area (TPSA) is 95.7 Å². The summed E-state index contributed by atoms with van der Waals surface area (Å²) in [7, 11) is 47.3. The molecule has 4 N–H and O–H groups in total. The van der Waals surface area contributed by atoms with Gasteiger partial charge in [-0.1, -0.05) is 24.3 Å². The van der Waals surface area contributed by atoms with Crippen molar-refractivity contribution >= 4 is 104 Å². The van der Waals surface area contributed by atoms with Gasteiger partial charge in [-0.25, -0.2) is 9.18 Å². The molecule has 2 aromatic carbocycles. The summed E-state index contributed by atoms with van der Waals surface area (Å²) in [5, 5.41) is 7.18. The average Bonchev–Trinajstić information content (AvgIpc) is 2.79. The molecule has 0 saturated carbocycles. The molecule has 1 amide bonds. The van der Waals surface area contributed by atoms with Crippen molar-refractivity contribution in [1.82, 2.24) is 5.32 Å². The summed E-state index contributed by atoms with van der Waals surface area (Å²) in [5.41, 5.74) is 7.15. The Bertz CT molecular complexity index is 1140. The molecule has 39 heavy (non-hydrogen) atoms. The first-order chi connectivity index (χ1) is 17.7. The number of carboxylic acids is 1. The Morgan fingerprint density at radius 1 is 0.846 bits per heavy atom. The molecule has 0 saturated heterocycles. The number of carbonyl (C=O) groups excluding carboxylic acids is 1. The van der Waals surface area contributed by atoms with Gasteiger partial charge in [0.15, 0.2) is 0 Å². The molecule has 0 aliphatic rings. The van der Waals surface area contributed by atoms with Crippen LogP contribution in [0.5, 0.6) is 0 Å². The molecule has 0 unspecified atom stereocenters. The molecule has 184 valence electrons. The number of nitrogens with one attached hydrogen (secondary N) is 1. The van der Waals surface area contributed by atoms with Gasteiger partial charge in [0.25, 0.3) is 0 Å². The zero-order chi connectivity index (χ0) is 30.0. The van der Waals surface area contributed by atoms with Gasteiger partial charge in [-0.05, 0) is 61.8 Å². The summed E-state index contributed by atoms with van der Waals surface area (Å²) < 4.78 is 8.51. The number of nitrogens with two attached hydrogens (primary N) is 1. The monoisotopic (exact) mass is 549 g/mol. The van der Waals surface area contributed by atoms with Crippen molar-refractivity contribution in [2.45, 2.75) is 44.9 Å². The van der Waals surface area contributed by atoms with Crippen molar-refractivity contribution in [2.24, 2.45) is 5.73 Å². The van der Waals surface area contributed by atoms with E-state index in [2.05, 4.69) is 5.32 Å². The quantitative estimate of drug-likeness (QED) is 0.228. The van der Waals surface area contributed by atoms with E-state index in [1.54, 1.807) is 0 Å². The highest BCUT2D eigenvalue weighted by molar-refractivity contribution is 6.73. The Morgan fingerprint density at radius 2 is 1.26 bits per heavy atom. The number of rotatable bonds is 12. The van der Waals surface area contributed by atoms with Crippen LogP contribution in [0.1, 0.15) is 11.1 Å². The second-order valence-electron chi connectivity index (χ2n) is 9.23. The first kappa shape index (κ1) is 33.4. The lowest BCUT2D eigenvalue weighted by atomic mass is 9.36. The summed E-state index contributed by atoms with van der Waals surface area (Å²) in [6.45, 7) is 0. The Kier molecular flexibility index (Phi) is 10.6. The van der Waals surface area contributed by atoms with Crippen molar-refractivity contribution in [2.75, 3.05) is 4.90 Å². The number of amides is 1. The molecule has 0 aliphatic carbocycles. The first-order valence-corrected chi connectivity index (χ1v) is 12.1. The number of carbonyl (C=O) groups is 2. The normalized spacial score (nSPS) is 14.3. The zero-order valence-corrected chi connectivity index (χ0v) is 22.2. The van der Waals surface area contributed by atoms with Crippen LogP contribution in [0.15, 0.2) is 48.5 Å². The fourth-order valence-electron chi connectivity index (χ4n) is 3.54. The number of hydrogen-bond acceptors (Lipinski definition) is 4. The van der Waals surface area contributed by atoms with Gasteiger partial charge in [-0.2, -0.15) is 0 Å². The van der Waals surface area contributed by atoms with Gasteiger partial charge in [0.1, 0.15) is 11.9 Å². The maximum Gasteiger partial charge on any atom is 0.326 e. The lowest BCUT2D eigenvalue weighted by Crippen LogP contribution is -2.76. The van der Waals surface area contributed by atoms with Gasteiger partial charge in [-0.3, -0.25) is 4.79 Å². The number of benzene rings is 2. The number of alkyl halides is 2. The number of hydrogen-bond donors (Lipinski definition) is 3. The summed E-state index contributed by atoms with van der Waals surface area (Å²) >= 11 is 12.0. The largest absolute Gasteiger partial charge is 0.480 e. The molecule has 0 fully saturated rings. The van der Waals surface area contributed by atoms with Crippen molar-refractivity contribution in [3.05, 3.63) is 65.5 Å². The third-order valence-corrected chi connectivity index (χ3v) is 6.53. The van der Waals surface area contributed by atoms with E-state index in [4.69, 9.17) is 91.7 Å². The van der Waals surface area contributed by atoms with Gasteiger partial charge in [0.2, 0.25) is 5.91 Å². The number of anilines is 1. The summed E-state index contributed by atoms with van der Waals surface area (Å²) in [5.74, 6) is -2.48. The average molecular weight is 549 g/mol. The van der Waals surface area contributed by atoms with Crippen LogP contribution in [0.4, 0.5) is 10.1 Å². The Hall–Kier alpha value is -1.83. The minimum atomic E-state index is -2.36. The van der Waals surface area contributed by atoms with Crippen LogP contribution >= 0.6 is 23.2 Å². The van der Waals surface area contributed by atoms with E-state index in [9.17, 15) is 19.1 Å². The highest BCUT2D eigenvalue weighted by Gasteiger charge is 2.48. The summed E-state index contributed by atoms with van der Waals surface area (Å²) in [6, 6.07) is 8.66. The molecule has 0 heterocycles. The van der Waals surface area contributed by atoms with E-state index in [1.165, 1.54) is 48.5 Å². The van der Waals surface area contributed by atoms with E-state index < -0.39 is 49.8 Å². The van der Waals surface area contributed by atoms with E-state index in [-0.39, 0.29) is 18.5 Å². The minimum absolute atomic E-state index is 0.0117. The minimum Gasteiger partial charge on any atom is -0.480 e. The molecule has 16 radical (unpaired) electrons. The van der Waals surface area contributed by atoms with E-state index in [0.29, 0.717) is 11.1 Å². The second kappa shape index (κ2) is 12.4. The van der Waals surface area contributed by atoms with Crippen molar-refractivity contribution in [3.8, 4) is 0 Å². The smallest absolute Gasteiger partial charge is 0.326 e. The number of halogens is 3. The summed E-state index contributed by atoms with van der Waals surface area (Å²) in [4.78, 5) is 25.2. The molecule has 0 aliphatic heterocycles. The highest BCUT2D eigenvalue weighted by atomic mass is 35.5. The molecule has 2 aromatic rings. The van der Waals surface area contributed by atoms with Crippen LogP contribution in [0.3, 0.4) is 0 Å². The Balaban J connectivity index is 2.23. The molecular formula is C22H18B8Cl2FN3O3.